The Labute approximate surface area is 190 Å². The molecule has 0 radical (unpaired) electrons. The van der Waals surface area contributed by atoms with Gasteiger partial charge < -0.3 is 9.84 Å². The summed E-state index contributed by atoms with van der Waals surface area (Å²) in [7, 11) is 0. The summed E-state index contributed by atoms with van der Waals surface area (Å²) < 4.78 is 6.55. The van der Waals surface area contributed by atoms with Crippen molar-refractivity contribution in [1.29, 1.82) is 0 Å². The van der Waals surface area contributed by atoms with Gasteiger partial charge in [0.25, 0.3) is 5.56 Å². The Morgan fingerprint density at radius 1 is 1.12 bits per heavy atom. The summed E-state index contributed by atoms with van der Waals surface area (Å²) in [6.45, 7) is 1.80. The van der Waals surface area contributed by atoms with Gasteiger partial charge in [0.1, 0.15) is 5.76 Å². The van der Waals surface area contributed by atoms with Crippen molar-refractivity contribution in [2.75, 3.05) is 5.32 Å². The van der Waals surface area contributed by atoms with E-state index in [0.29, 0.717) is 17.2 Å². The van der Waals surface area contributed by atoms with E-state index in [-0.39, 0.29) is 16.9 Å². The summed E-state index contributed by atoms with van der Waals surface area (Å²) in [5.41, 5.74) is 1.78. The molecule has 32 heavy (non-hydrogen) atoms. The molecule has 0 atom stereocenters. The number of aryl methyl sites for hydroxylation is 1. The van der Waals surface area contributed by atoms with Gasteiger partial charge in [0.2, 0.25) is 5.91 Å². The average Bonchev–Trinajstić information content (AvgIpc) is 3.13. The van der Waals surface area contributed by atoms with Crippen LogP contribution < -0.4 is 10.9 Å². The lowest BCUT2D eigenvalue weighted by Crippen LogP contribution is -2.51. The number of thioether (sulfide) groups is 1. The van der Waals surface area contributed by atoms with Crippen molar-refractivity contribution in [3.8, 4) is 0 Å². The molecule has 0 saturated heterocycles. The van der Waals surface area contributed by atoms with E-state index in [4.69, 9.17) is 4.52 Å². The highest BCUT2D eigenvalue weighted by molar-refractivity contribution is 7.98. The van der Waals surface area contributed by atoms with E-state index < -0.39 is 0 Å². The van der Waals surface area contributed by atoms with E-state index in [1.54, 1.807) is 24.8 Å². The Morgan fingerprint density at radius 3 is 2.44 bits per heavy atom. The minimum atomic E-state index is -0.207. The van der Waals surface area contributed by atoms with Crippen LogP contribution in [0, 0.1) is 30.1 Å². The molecule has 4 saturated carbocycles. The molecule has 166 valence electrons. The van der Waals surface area contributed by atoms with Crippen LogP contribution in [0.25, 0.3) is 5.65 Å². The standard InChI is InChI=1S/C25H27N3O3S/c1-15-6-22-26-20(10-23(29)28(22)31-15)14-32-21-4-2-19(3-5-21)27-24(30)25-11-16-7-17(12-25)9-18(8-16)13-25/h2-6,10,16-18H,7-9,11-14H2,1H3,(H,27,30). The molecule has 4 fully saturated rings. The smallest absolute Gasteiger partial charge is 0.287 e. The predicted octanol–water partition coefficient (Wildman–Crippen LogP) is 5.04. The van der Waals surface area contributed by atoms with Gasteiger partial charge >= 0.3 is 0 Å². The fourth-order valence-electron chi connectivity index (χ4n) is 6.59. The first-order valence-corrected chi connectivity index (χ1v) is 12.5. The van der Waals surface area contributed by atoms with Gasteiger partial charge in [-0.05, 0) is 87.5 Å². The molecule has 4 aliphatic rings. The van der Waals surface area contributed by atoms with Crippen LogP contribution in [0.1, 0.15) is 50.0 Å². The van der Waals surface area contributed by atoms with Crippen molar-refractivity contribution in [2.45, 2.75) is 56.1 Å². The number of hydrogen-bond donors (Lipinski definition) is 1. The molecule has 0 aliphatic heterocycles. The zero-order valence-electron chi connectivity index (χ0n) is 18.2. The van der Waals surface area contributed by atoms with Crippen molar-refractivity contribution in [2.24, 2.45) is 23.2 Å². The lowest BCUT2D eigenvalue weighted by molar-refractivity contribution is -0.140. The Kier molecular flexibility index (Phi) is 4.72. The minimum Gasteiger partial charge on any atom is -0.375 e. The van der Waals surface area contributed by atoms with Gasteiger partial charge in [-0.3, -0.25) is 9.59 Å². The predicted molar refractivity (Wildman–Crippen MR) is 124 cm³/mol. The highest BCUT2D eigenvalue weighted by Gasteiger charge is 2.54. The lowest BCUT2D eigenvalue weighted by atomic mass is 9.49. The van der Waals surface area contributed by atoms with Gasteiger partial charge in [-0.15, -0.1) is 16.3 Å². The highest BCUT2D eigenvalue weighted by atomic mass is 32.2. The molecule has 4 bridgehead atoms. The van der Waals surface area contributed by atoms with Crippen LogP contribution in [0.4, 0.5) is 5.69 Å². The van der Waals surface area contributed by atoms with E-state index in [1.807, 2.05) is 24.3 Å². The third-order valence-electron chi connectivity index (χ3n) is 7.54. The van der Waals surface area contributed by atoms with E-state index in [9.17, 15) is 9.59 Å². The maximum atomic E-state index is 13.2. The maximum Gasteiger partial charge on any atom is 0.287 e. The number of carbonyl (C=O) groups is 1. The van der Waals surface area contributed by atoms with Gasteiger partial charge in [0.05, 0.1) is 11.1 Å². The van der Waals surface area contributed by atoms with Gasteiger partial charge in [-0.25, -0.2) is 4.98 Å². The van der Waals surface area contributed by atoms with Crippen LogP contribution in [-0.2, 0) is 10.5 Å². The Morgan fingerprint density at radius 2 is 1.78 bits per heavy atom. The first-order valence-electron chi connectivity index (χ1n) is 11.5. The molecule has 7 heteroatoms. The quantitative estimate of drug-likeness (QED) is 0.552. The summed E-state index contributed by atoms with van der Waals surface area (Å²) in [4.78, 5) is 31.0. The first kappa shape index (κ1) is 20.1. The zero-order valence-corrected chi connectivity index (χ0v) is 19.0. The van der Waals surface area contributed by atoms with E-state index in [0.717, 1.165) is 53.3 Å². The Hall–Kier alpha value is -2.54. The van der Waals surface area contributed by atoms with Crippen molar-refractivity contribution in [1.82, 2.24) is 9.56 Å². The van der Waals surface area contributed by atoms with Gasteiger partial charge in [-0.2, -0.15) is 0 Å². The number of fused-ring (bicyclic) bond motifs is 1. The molecule has 1 N–H and O–H groups in total. The van der Waals surface area contributed by atoms with Crippen LogP contribution in [0.2, 0.25) is 0 Å². The summed E-state index contributed by atoms with van der Waals surface area (Å²) in [5.74, 6) is 3.76. The van der Waals surface area contributed by atoms with Gasteiger partial charge in [-0.1, -0.05) is 0 Å². The number of anilines is 1. The second-order valence-electron chi connectivity index (χ2n) is 10.0. The summed E-state index contributed by atoms with van der Waals surface area (Å²) in [5, 5.41) is 3.21. The molecule has 1 amide bonds. The number of hydrogen-bond acceptors (Lipinski definition) is 5. The number of nitrogens with zero attached hydrogens (tertiary/aromatic N) is 2. The van der Waals surface area contributed by atoms with E-state index in [1.165, 1.54) is 29.9 Å². The van der Waals surface area contributed by atoms with Crippen LogP contribution in [0.3, 0.4) is 0 Å². The Bertz CT molecular complexity index is 1210. The normalized spacial score (nSPS) is 28.3. The maximum absolute atomic E-state index is 13.2. The number of rotatable bonds is 5. The number of benzene rings is 1. The van der Waals surface area contributed by atoms with Crippen LogP contribution in [-0.4, -0.2) is 15.5 Å². The molecule has 2 aromatic heterocycles. The van der Waals surface area contributed by atoms with Crippen LogP contribution in [0.15, 0.2) is 50.6 Å². The van der Waals surface area contributed by atoms with E-state index >= 15 is 0 Å². The zero-order chi connectivity index (χ0) is 21.9. The highest BCUT2D eigenvalue weighted by Crippen LogP contribution is 2.60. The topological polar surface area (TPSA) is 76.6 Å². The third kappa shape index (κ3) is 3.56. The number of carbonyl (C=O) groups excluding carboxylic acids is 1. The number of nitrogens with one attached hydrogen (secondary N) is 1. The summed E-state index contributed by atoms with van der Waals surface area (Å²) in [6, 6.07) is 11.3. The second kappa shape index (κ2) is 7.51. The minimum absolute atomic E-state index is 0.133. The molecule has 4 aliphatic carbocycles. The van der Waals surface area contributed by atoms with Crippen molar-refractivity contribution in [3.05, 3.63) is 58.2 Å². The fraction of sp³-hybridized carbons (Fsp3) is 0.480. The van der Waals surface area contributed by atoms with Crippen molar-refractivity contribution >= 4 is 29.0 Å². The molecule has 1 aromatic carbocycles. The third-order valence-corrected chi connectivity index (χ3v) is 8.59. The lowest BCUT2D eigenvalue weighted by Gasteiger charge is -2.55. The molecule has 3 aromatic rings. The molecule has 0 spiro atoms. The largest absolute Gasteiger partial charge is 0.375 e. The molecule has 6 nitrogen and oxygen atoms in total. The SMILES string of the molecule is Cc1cc2nc(CSc3ccc(NC(=O)C45CC6CC(CC(C6)C4)C5)cc3)cc(=O)n2o1. The first-order chi connectivity index (χ1) is 15.5. The number of amides is 1. The Balaban J connectivity index is 1.11. The molecular formula is C25H27N3O3S. The fourth-order valence-corrected chi connectivity index (χ4v) is 7.38. The van der Waals surface area contributed by atoms with Crippen LogP contribution in [0.5, 0.6) is 0 Å². The van der Waals surface area contributed by atoms with Crippen molar-refractivity contribution < 1.29 is 9.32 Å². The van der Waals surface area contributed by atoms with Gasteiger partial charge in [0.15, 0.2) is 5.65 Å². The average molecular weight is 450 g/mol. The van der Waals surface area contributed by atoms with Gasteiger partial charge in [0, 0.05) is 28.5 Å². The number of aromatic nitrogens is 2. The monoisotopic (exact) mass is 449 g/mol. The van der Waals surface area contributed by atoms with Crippen molar-refractivity contribution in [3.63, 3.8) is 0 Å². The van der Waals surface area contributed by atoms with E-state index in [2.05, 4.69) is 10.3 Å². The summed E-state index contributed by atoms with van der Waals surface area (Å²) >= 11 is 1.62. The summed E-state index contributed by atoms with van der Waals surface area (Å²) in [6.07, 6.45) is 7.25. The molecule has 2 heterocycles. The molecule has 0 unspecified atom stereocenters. The molecular weight excluding hydrogens is 422 g/mol. The second-order valence-corrected chi connectivity index (χ2v) is 11.1. The van der Waals surface area contributed by atoms with Crippen LogP contribution >= 0.6 is 11.8 Å². The molecule has 7 rings (SSSR count).